The summed E-state index contributed by atoms with van der Waals surface area (Å²) in [6.45, 7) is 2.82. The molecule has 0 aliphatic heterocycles. The molecule has 0 radical (unpaired) electrons. The van der Waals surface area contributed by atoms with Crippen molar-refractivity contribution in [1.29, 1.82) is 0 Å². The van der Waals surface area contributed by atoms with Crippen molar-refractivity contribution in [1.82, 2.24) is 0 Å². The highest BCUT2D eigenvalue weighted by molar-refractivity contribution is 7.47. The zero-order chi connectivity index (χ0) is 49.1. The second kappa shape index (κ2) is 37.1. The average Bonchev–Trinajstić information content (AvgIpc) is 3.27. The number of carbonyl (C=O) groups excluding carboxylic acids is 2. The van der Waals surface area contributed by atoms with Gasteiger partial charge in [-0.1, -0.05) is 125 Å². The number of rotatable bonds is 37. The molecule has 66 heavy (non-hydrogen) atoms. The van der Waals surface area contributed by atoms with Crippen LogP contribution in [0.3, 0.4) is 0 Å². The first-order chi connectivity index (χ1) is 31.5. The molecular weight excluding hydrogens is 898 g/mol. The number of hydrogen-bond donors (Lipinski definition) is 8. The minimum atomic E-state index is -5.38. The normalized spacial score (nSPS) is 22.8. The lowest BCUT2D eigenvalue weighted by molar-refractivity contribution is -0.216. The highest BCUT2D eigenvalue weighted by atomic mass is 31.2. The van der Waals surface area contributed by atoms with Gasteiger partial charge in [0.25, 0.3) is 0 Å². The van der Waals surface area contributed by atoms with Crippen LogP contribution < -0.4 is 0 Å². The van der Waals surface area contributed by atoms with E-state index in [1.54, 1.807) is 0 Å². The molecule has 1 aliphatic carbocycles. The van der Waals surface area contributed by atoms with Crippen LogP contribution in [0.25, 0.3) is 0 Å². The Hall–Kier alpha value is -2.86. The van der Waals surface area contributed by atoms with E-state index in [2.05, 4.69) is 48.8 Å². The second-order valence-corrected chi connectivity index (χ2v) is 18.5. The lowest BCUT2D eigenvalue weighted by Gasteiger charge is -2.43. The molecule has 0 aromatic carbocycles. The van der Waals surface area contributed by atoms with Gasteiger partial charge in [-0.2, -0.15) is 0 Å². The summed E-state index contributed by atoms with van der Waals surface area (Å²) in [5, 5.41) is 51.0. The van der Waals surface area contributed by atoms with Crippen LogP contribution in [0, 0.1) is 0 Å². The molecule has 0 heterocycles. The zero-order valence-corrected chi connectivity index (χ0v) is 40.5. The van der Waals surface area contributed by atoms with E-state index in [0.717, 1.165) is 51.4 Å². The minimum absolute atomic E-state index is 0.0150. The first-order valence-corrected chi connectivity index (χ1v) is 26.3. The van der Waals surface area contributed by atoms with E-state index in [-0.39, 0.29) is 12.8 Å². The molecule has 1 rings (SSSR count). The van der Waals surface area contributed by atoms with Gasteiger partial charge in [0.15, 0.2) is 6.10 Å². The summed E-state index contributed by atoms with van der Waals surface area (Å²) in [6, 6.07) is 0. The maximum atomic E-state index is 13.0. The number of aliphatic hydroxyl groups excluding tert-OH is 5. The van der Waals surface area contributed by atoms with Crippen molar-refractivity contribution in [3.63, 3.8) is 0 Å². The average molecular weight is 977 g/mol. The Labute approximate surface area is 391 Å². The van der Waals surface area contributed by atoms with E-state index in [9.17, 15) is 49.1 Å². The van der Waals surface area contributed by atoms with Crippen LogP contribution in [-0.2, 0) is 41.8 Å². The Morgan fingerprint density at radius 1 is 0.545 bits per heavy atom. The van der Waals surface area contributed by atoms with Gasteiger partial charge in [0.2, 0.25) is 0 Å². The van der Waals surface area contributed by atoms with Gasteiger partial charge >= 0.3 is 27.6 Å². The third-order valence-corrected chi connectivity index (χ3v) is 11.5. The largest absolute Gasteiger partial charge is 0.472 e. The molecule has 0 aromatic rings. The fourth-order valence-electron chi connectivity index (χ4n) is 6.34. The van der Waals surface area contributed by atoms with Gasteiger partial charge in [-0.05, 0) is 83.5 Å². The molecule has 0 spiro atoms. The number of unbranched alkanes of at least 4 members (excludes halogenated alkanes) is 7. The molecule has 1 saturated carbocycles. The van der Waals surface area contributed by atoms with Crippen LogP contribution >= 0.6 is 15.6 Å². The summed E-state index contributed by atoms with van der Waals surface area (Å²) in [4.78, 5) is 54.2. The summed E-state index contributed by atoms with van der Waals surface area (Å²) in [5.74, 6) is -1.35. The lowest BCUT2D eigenvalue weighted by atomic mass is 9.85. The predicted molar refractivity (Wildman–Crippen MR) is 251 cm³/mol. The van der Waals surface area contributed by atoms with Gasteiger partial charge < -0.3 is 49.7 Å². The van der Waals surface area contributed by atoms with Crippen molar-refractivity contribution in [2.24, 2.45) is 0 Å². The molecule has 19 heteroatoms. The number of allylic oxidation sites excluding steroid dienone is 13. The number of ether oxygens (including phenoxy) is 2. The van der Waals surface area contributed by atoms with Crippen LogP contribution in [0.1, 0.15) is 136 Å². The van der Waals surface area contributed by atoms with Gasteiger partial charge in [0, 0.05) is 12.8 Å². The molecule has 0 bridgehead atoms. The van der Waals surface area contributed by atoms with Crippen LogP contribution in [0.2, 0.25) is 0 Å². The SMILES string of the molecule is CCCCC/C=C\C/C=C\C/C=C\CCCCC(=O)O[C@H](COC(=O)CCC/C=C\C/C=C\C/C=C\C/C=C\[C@@H](O)CCCC)COP(=O)(O)O[C@H]1C(O)C(O)C(O)[C@@H](OP(=O)(O)O)C1O. The number of phosphoric acid groups is 2. The maximum Gasteiger partial charge on any atom is 0.472 e. The van der Waals surface area contributed by atoms with Crippen LogP contribution in [0.5, 0.6) is 0 Å². The molecular formula is C47H78O17P2. The van der Waals surface area contributed by atoms with Crippen molar-refractivity contribution < 1.29 is 82.0 Å². The van der Waals surface area contributed by atoms with Gasteiger partial charge in [-0.15, -0.1) is 0 Å². The summed E-state index contributed by atoms with van der Waals surface area (Å²) in [6.07, 6.45) is 27.4. The van der Waals surface area contributed by atoms with Crippen LogP contribution in [-0.4, -0.2) is 114 Å². The molecule has 0 aromatic heterocycles. The monoisotopic (exact) mass is 976 g/mol. The summed E-state index contributed by atoms with van der Waals surface area (Å²) in [7, 11) is -10.7. The molecule has 8 N–H and O–H groups in total. The standard InChI is InChI=1S/C47H78O17P2/c1-3-5-7-8-9-10-11-12-13-14-19-22-25-28-31-35-41(50)62-39(37-61-66(58,59)64-47-44(53)42(51)43(52)46(45(47)54)63-65(55,56)57)36-60-40(49)34-30-27-24-21-18-16-15-17-20-23-26-29-33-38(48)32-6-4-2/h9-10,12-13,15-16,19-24,29,33,38-39,42-48,51-54H,3-8,11,14,17-18,25-28,30-32,34-37H2,1-2H3,(H,58,59)(H2,55,56,57)/b10-9-,13-12-,16-15-,22-19-,23-20-,24-21-,33-29-/t38-,39+,42?,43?,44?,45?,46+,47-/m0/s1. The van der Waals surface area contributed by atoms with Crippen molar-refractivity contribution in [3.05, 3.63) is 85.1 Å². The number of esters is 2. The van der Waals surface area contributed by atoms with Gasteiger partial charge in [0.05, 0.1) is 12.7 Å². The molecule has 1 aliphatic rings. The molecule has 0 amide bonds. The molecule has 9 atom stereocenters. The fraction of sp³-hybridized carbons (Fsp3) is 0.660. The molecule has 17 nitrogen and oxygen atoms in total. The third-order valence-electron chi connectivity index (χ3n) is 10.0. The smallest absolute Gasteiger partial charge is 0.462 e. The summed E-state index contributed by atoms with van der Waals surface area (Å²) in [5.41, 5.74) is 0. The quantitative estimate of drug-likeness (QED) is 0.0129. The Bertz CT molecular complexity index is 1620. The Kier molecular flexibility index (Phi) is 34.4. The van der Waals surface area contributed by atoms with Crippen LogP contribution in [0.15, 0.2) is 85.1 Å². The number of phosphoric ester groups is 2. The Morgan fingerprint density at radius 3 is 1.55 bits per heavy atom. The molecule has 5 unspecified atom stereocenters. The molecule has 0 saturated heterocycles. The van der Waals surface area contributed by atoms with E-state index >= 15 is 0 Å². The summed E-state index contributed by atoms with van der Waals surface area (Å²) >= 11 is 0. The van der Waals surface area contributed by atoms with E-state index < -0.39 is 89.6 Å². The van der Waals surface area contributed by atoms with E-state index in [1.807, 2.05) is 54.7 Å². The maximum absolute atomic E-state index is 13.0. The first kappa shape index (κ1) is 61.2. The van der Waals surface area contributed by atoms with E-state index in [4.69, 9.17) is 28.3 Å². The van der Waals surface area contributed by atoms with Gasteiger partial charge in [-0.3, -0.25) is 23.2 Å². The molecule has 1 fully saturated rings. The van der Waals surface area contributed by atoms with E-state index in [1.165, 1.54) is 19.3 Å². The van der Waals surface area contributed by atoms with Gasteiger partial charge in [-0.25, -0.2) is 9.13 Å². The minimum Gasteiger partial charge on any atom is -0.462 e. The Morgan fingerprint density at radius 2 is 1.02 bits per heavy atom. The second-order valence-electron chi connectivity index (χ2n) is 15.9. The number of aliphatic hydroxyl groups is 5. The predicted octanol–water partition coefficient (Wildman–Crippen LogP) is 7.58. The number of hydrogen-bond acceptors (Lipinski definition) is 14. The lowest BCUT2D eigenvalue weighted by Crippen LogP contribution is -2.64. The van der Waals surface area contributed by atoms with Crippen molar-refractivity contribution in [3.8, 4) is 0 Å². The third kappa shape index (κ3) is 31.2. The molecule has 378 valence electrons. The fourth-order valence-corrected chi connectivity index (χ4v) is 7.87. The highest BCUT2D eigenvalue weighted by Crippen LogP contribution is 2.49. The van der Waals surface area contributed by atoms with Gasteiger partial charge in [0.1, 0.15) is 43.2 Å². The topological polar surface area (TPSA) is 276 Å². The van der Waals surface area contributed by atoms with E-state index in [0.29, 0.717) is 38.5 Å². The Balaban J connectivity index is 2.69. The highest BCUT2D eigenvalue weighted by Gasteiger charge is 2.54. The van der Waals surface area contributed by atoms with Crippen molar-refractivity contribution >= 4 is 27.6 Å². The van der Waals surface area contributed by atoms with Crippen molar-refractivity contribution in [2.75, 3.05) is 13.2 Å². The zero-order valence-electron chi connectivity index (χ0n) is 38.7. The number of carbonyl (C=O) groups is 2. The van der Waals surface area contributed by atoms with Crippen molar-refractivity contribution in [2.45, 2.75) is 185 Å². The summed E-state index contributed by atoms with van der Waals surface area (Å²) < 4.78 is 49.2. The van der Waals surface area contributed by atoms with Crippen LogP contribution in [0.4, 0.5) is 0 Å². The first-order valence-electron chi connectivity index (χ1n) is 23.2.